The van der Waals surface area contributed by atoms with Crippen LogP contribution >= 0.6 is 0 Å². The lowest BCUT2D eigenvalue weighted by atomic mass is 10.00. The van der Waals surface area contributed by atoms with Gasteiger partial charge < -0.3 is 14.2 Å². The van der Waals surface area contributed by atoms with E-state index < -0.39 is 0 Å². The third kappa shape index (κ3) is 7.47. The molecule has 0 amide bonds. The van der Waals surface area contributed by atoms with Gasteiger partial charge in [0.25, 0.3) is 0 Å². The van der Waals surface area contributed by atoms with Crippen molar-refractivity contribution in [2.45, 2.75) is 90.9 Å². The first kappa shape index (κ1) is 22.7. The molecule has 0 aliphatic rings. The third-order valence-electron chi connectivity index (χ3n) is 5.14. The molecule has 0 heterocycles. The first-order chi connectivity index (χ1) is 12.7. The molecule has 3 heteroatoms. The van der Waals surface area contributed by atoms with E-state index in [1.807, 2.05) is 6.07 Å². The van der Waals surface area contributed by atoms with Crippen LogP contribution in [0.1, 0.15) is 88.7 Å². The fourth-order valence-electron chi connectivity index (χ4n) is 3.67. The van der Waals surface area contributed by atoms with Gasteiger partial charge in [-0.3, -0.25) is 0 Å². The first-order valence-corrected chi connectivity index (χ1v) is 10.5. The summed E-state index contributed by atoms with van der Waals surface area (Å²) in [6.45, 7) is 4.34. The van der Waals surface area contributed by atoms with Crippen LogP contribution in [0.4, 0.5) is 0 Å². The molecule has 0 unspecified atom stereocenters. The Labute approximate surface area is 161 Å². The molecule has 0 aromatic heterocycles. The fourth-order valence-corrected chi connectivity index (χ4v) is 3.67. The Balaban J connectivity index is 2.35. The summed E-state index contributed by atoms with van der Waals surface area (Å²) in [6.07, 6.45) is 15.9. The Morgan fingerprint density at radius 3 is 1.62 bits per heavy atom. The lowest BCUT2D eigenvalue weighted by Gasteiger charge is -2.18. The molecule has 1 aromatic rings. The molecule has 0 fully saturated rings. The number of hydrogen-bond donors (Lipinski definition) is 0. The van der Waals surface area contributed by atoms with E-state index in [4.69, 9.17) is 14.2 Å². The summed E-state index contributed by atoms with van der Waals surface area (Å²) in [4.78, 5) is 0. The van der Waals surface area contributed by atoms with Crippen molar-refractivity contribution in [2.75, 3.05) is 21.3 Å². The Morgan fingerprint density at radius 2 is 1.15 bits per heavy atom. The largest absolute Gasteiger partial charge is 0.496 e. The van der Waals surface area contributed by atoms with Crippen molar-refractivity contribution in [3.05, 3.63) is 17.2 Å². The van der Waals surface area contributed by atoms with Gasteiger partial charge in [0.05, 0.1) is 21.3 Å². The van der Waals surface area contributed by atoms with Gasteiger partial charge in [0.2, 0.25) is 0 Å². The molecule has 0 aliphatic carbocycles. The number of methoxy groups -OCH3 is 3. The van der Waals surface area contributed by atoms with Gasteiger partial charge >= 0.3 is 0 Å². The highest BCUT2D eigenvalue weighted by atomic mass is 16.5. The Kier molecular flexibility index (Phi) is 12.0. The summed E-state index contributed by atoms with van der Waals surface area (Å²) in [5.74, 6) is 2.56. The summed E-state index contributed by atoms with van der Waals surface area (Å²) in [5, 5.41) is 0. The highest BCUT2D eigenvalue weighted by molar-refractivity contribution is 5.57. The smallest absolute Gasteiger partial charge is 0.167 e. The summed E-state index contributed by atoms with van der Waals surface area (Å²) >= 11 is 0. The van der Waals surface area contributed by atoms with Crippen LogP contribution < -0.4 is 14.2 Å². The van der Waals surface area contributed by atoms with Gasteiger partial charge in [0.15, 0.2) is 11.5 Å². The molecular formula is C23H40O3. The van der Waals surface area contributed by atoms with Crippen molar-refractivity contribution in [3.63, 3.8) is 0 Å². The number of aryl methyl sites for hydroxylation is 1. The molecule has 1 rings (SSSR count). The average molecular weight is 365 g/mol. The highest BCUT2D eigenvalue weighted by Crippen LogP contribution is 2.40. The van der Waals surface area contributed by atoms with Crippen LogP contribution in [0.25, 0.3) is 0 Å². The van der Waals surface area contributed by atoms with Gasteiger partial charge in [-0.15, -0.1) is 0 Å². The van der Waals surface area contributed by atoms with E-state index in [0.717, 1.165) is 41.2 Å². The van der Waals surface area contributed by atoms with Crippen LogP contribution in [-0.2, 0) is 6.42 Å². The second-order valence-electron chi connectivity index (χ2n) is 7.23. The van der Waals surface area contributed by atoms with Crippen LogP contribution in [0.2, 0.25) is 0 Å². The van der Waals surface area contributed by atoms with E-state index in [-0.39, 0.29) is 0 Å². The van der Waals surface area contributed by atoms with Crippen molar-refractivity contribution < 1.29 is 14.2 Å². The SMILES string of the molecule is CCCCCCCCCCCCCc1c(OC)c(C)cc(OC)c1OC. The van der Waals surface area contributed by atoms with Crippen LogP contribution in [0.15, 0.2) is 6.07 Å². The lowest BCUT2D eigenvalue weighted by Crippen LogP contribution is -2.02. The maximum absolute atomic E-state index is 5.63. The zero-order valence-corrected chi connectivity index (χ0v) is 17.8. The topological polar surface area (TPSA) is 27.7 Å². The van der Waals surface area contributed by atoms with Gasteiger partial charge in [0, 0.05) is 5.56 Å². The maximum atomic E-state index is 5.63. The molecule has 150 valence electrons. The van der Waals surface area contributed by atoms with Crippen molar-refractivity contribution in [1.29, 1.82) is 0 Å². The van der Waals surface area contributed by atoms with Gasteiger partial charge in [-0.05, 0) is 31.4 Å². The zero-order valence-electron chi connectivity index (χ0n) is 17.8. The monoisotopic (exact) mass is 364 g/mol. The molecule has 26 heavy (non-hydrogen) atoms. The van der Waals surface area contributed by atoms with Crippen molar-refractivity contribution in [3.8, 4) is 17.2 Å². The summed E-state index contributed by atoms with van der Waals surface area (Å²) in [6, 6.07) is 1.99. The lowest BCUT2D eigenvalue weighted by molar-refractivity contribution is 0.342. The van der Waals surface area contributed by atoms with E-state index in [1.54, 1.807) is 21.3 Å². The average Bonchev–Trinajstić information content (AvgIpc) is 2.65. The van der Waals surface area contributed by atoms with Gasteiger partial charge in [0.1, 0.15) is 5.75 Å². The molecule has 1 aromatic carbocycles. The molecule has 0 spiro atoms. The van der Waals surface area contributed by atoms with Crippen molar-refractivity contribution in [1.82, 2.24) is 0 Å². The minimum absolute atomic E-state index is 0.795. The quantitative estimate of drug-likeness (QED) is 0.318. The van der Waals surface area contributed by atoms with E-state index >= 15 is 0 Å². The Hall–Kier alpha value is -1.38. The highest BCUT2D eigenvalue weighted by Gasteiger charge is 2.18. The van der Waals surface area contributed by atoms with Gasteiger partial charge in [-0.2, -0.15) is 0 Å². The standard InChI is InChI=1S/C23H40O3/c1-6-7-8-9-10-11-12-13-14-15-16-17-20-22(25-4)19(2)18-21(24-3)23(20)26-5/h18H,6-17H2,1-5H3. The zero-order chi connectivity index (χ0) is 19.2. The fraction of sp³-hybridized carbons (Fsp3) is 0.739. The predicted molar refractivity (Wildman–Crippen MR) is 111 cm³/mol. The van der Waals surface area contributed by atoms with Crippen molar-refractivity contribution in [2.24, 2.45) is 0 Å². The molecule has 0 bridgehead atoms. The van der Waals surface area contributed by atoms with E-state index in [2.05, 4.69) is 13.8 Å². The summed E-state index contributed by atoms with van der Waals surface area (Å²) in [5.41, 5.74) is 2.24. The minimum atomic E-state index is 0.795. The number of unbranched alkanes of at least 4 members (excludes halogenated alkanes) is 10. The summed E-state index contributed by atoms with van der Waals surface area (Å²) < 4.78 is 16.7. The first-order valence-electron chi connectivity index (χ1n) is 10.5. The molecule has 0 N–H and O–H groups in total. The van der Waals surface area contributed by atoms with Crippen LogP contribution in [0.3, 0.4) is 0 Å². The Morgan fingerprint density at radius 1 is 0.654 bits per heavy atom. The number of rotatable bonds is 15. The Bertz CT molecular complexity index is 497. The molecular weight excluding hydrogens is 324 g/mol. The van der Waals surface area contributed by atoms with E-state index in [0.29, 0.717) is 0 Å². The van der Waals surface area contributed by atoms with Crippen LogP contribution in [0.5, 0.6) is 17.2 Å². The van der Waals surface area contributed by atoms with E-state index in [1.165, 1.54) is 64.2 Å². The maximum Gasteiger partial charge on any atom is 0.167 e. The van der Waals surface area contributed by atoms with E-state index in [9.17, 15) is 0 Å². The minimum Gasteiger partial charge on any atom is -0.496 e. The number of benzene rings is 1. The molecule has 0 saturated carbocycles. The van der Waals surface area contributed by atoms with Gasteiger partial charge in [-0.1, -0.05) is 71.1 Å². The van der Waals surface area contributed by atoms with Crippen molar-refractivity contribution >= 4 is 0 Å². The third-order valence-corrected chi connectivity index (χ3v) is 5.14. The summed E-state index contributed by atoms with van der Waals surface area (Å²) in [7, 11) is 5.13. The van der Waals surface area contributed by atoms with Crippen LogP contribution in [0, 0.1) is 6.92 Å². The van der Waals surface area contributed by atoms with Gasteiger partial charge in [-0.25, -0.2) is 0 Å². The molecule has 0 saturated heterocycles. The normalized spacial score (nSPS) is 10.8. The second-order valence-corrected chi connectivity index (χ2v) is 7.23. The predicted octanol–water partition coefficient (Wildman–Crippen LogP) is 6.87. The molecule has 0 atom stereocenters. The number of ether oxygens (including phenoxy) is 3. The molecule has 0 radical (unpaired) electrons. The second kappa shape index (κ2) is 13.8. The number of hydrogen-bond acceptors (Lipinski definition) is 3. The van der Waals surface area contributed by atoms with Crippen LogP contribution in [-0.4, -0.2) is 21.3 Å². The molecule has 3 nitrogen and oxygen atoms in total. The molecule has 0 aliphatic heterocycles.